The Morgan fingerprint density at radius 3 is 2.38 bits per heavy atom. The van der Waals surface area contributed by atoms with Crippen molar-refractivity contribution in [3.05, 3.63) is 59.7 Å². The number of nitrogens with zero attached hydrogens (tertiary/aromatic N) is 1. The second-order valence-electron chi connectivity index (χ2n) is 11.0. The van der Waals surface area contributed by atoms with Crippen molar-refractivity contribution in [1.82, 2.24) is 15.5 Å². The van der Waals surface area contributed by atoms with Crippen LogP contribution in [0.4, 0.5) is 13.2 Å². The van der Waals surface area contributed by atoms with Gasteiger partial charge in [-0.05, 0) is 101 Å². The van der Waals surface area contributed by atoms with E-state index in [1.807, 2.05) is 6.26 Å². The Morgan fingerprint density at radius 2 is 1.79 bits per heavy atom. The van der Waals surface area contributed by atoms with Gasteiger partial charge in [-0.1, -0.05) is 13.0 Å². The molecule has 0 radical (unpaired) electrons. The van der Waals surface area contributed by atoms with E-state index in [2.05, 4.69) is 36.3 Å². The summed E-state index contributed by atoms with van der Waals surface area (Å²) in [5.74, 6) is -1.84. The Bertz CT molecular complexity index is 1320. The summed E-state index contributed by atoms with van der Waals surface area (Å²) >= 11 is 1.52. The van der Waals surface area contributed by atoms with Crippen LogP contribution in [0.1, 0.15) is 62.4 Å². The molecule has 1 saturated carbocycles. The highest BCUT2D eigenvalue weighted by molar-refractivity contribution is 7.98. The highest BCUT2D eigenvalue weighted by Gasteiger charge is 2.37. The number of amides is 2. The van der Waals surface area contributed by atoms with Crippen LogP contribution in [-0.4, -0.2) is 68.4 Å². The molecule has 3 atom stereocenters. The predicted molar refractivity (Wildman–Crippen MR) is 159 cm³/mol. The molecule has 1 aliphatic carbocycles. The second-order valence-corrected chi connectivity index (χ2v) is 13.9. The fourth-order valence-corrected chi connectivity index (χ4v) is 7.64. The fraction of sp³-hybridized carbons (Fsp3) is 0.533. The smallest absolute Gasteiger partial charge is 0.352 e. The first kappa shape index (κ1) is 33.9. The molecule has 2 aromatic rings. The van der Waals surface area contributed by atoms with Gasteiger partial charge in [0.05, 0.1) is 22.8 Å². The minimum atomic E-state index is -4.60. The van der Waals surface area contributed by atoms with Gasteiger partial charge >= 0.3 is 6.18 Å². The summed E-state index contributed by atoms with van der Waals surface area (Å²) in [6.45, 7) is 6.79. The van der Waals surface area contributed by atoms with Crippen LogP contribution >= 0.6 is 11.8 Å². The van der Waals surface area contributed by atoms with E-state index in [0.29, 0.717) is 12.8 Å². The molecule has 0 bridgehead atoms. The maximum atomic E-state index is 13.5. The lowest BCUT2D eigenvalue weighted by Gasteiger charge is -2.43. The molecule has 42 heavy (non-hydrogen) atoms. The number of hydrogen-bond donors (Lipinski definition) is 2. The van der Waals surface area contributed by atoms with Crippen LogP contribution in [0.25, 0.3) is 0 Å². The molecule has 0 heterocycles. The third-order valence-electron chi connectivity index (χ3n) is 7.63. The van der Waals surface area contributed by atoms with Gasteiger partial charge in [-0.2, -0.15) is 13.2 Å². The summed E-state index contributed by atoms with van der Waals surface area (Å²) in [6, 6.07) is 10.7. The van der Waals surface area contributed by atoms with Gasteiger partial charge in [0, 0.05) is 28.6 Å². The minimum absolute atomic E-state index is 0.137. The maximum Gasteiger partial charge on any atom is 0.416 e. The SMILES string of the molecule is CCCN(C(C)C)[C@@H]1CC[C@H](NC(=O)CNC(=O)c2cccc(C(F)(F)F)c2)[C@H](CS(=O)(=O)c2ccc(SC)cc2)C1. The summed E-state index contributed by atoms with van der Waals surface area (Å²) in [7, 11) is -3.65. The molecule has 0 unspecified atom stereocenters. The highest BCUT2D eigenvalue weighted by Crippen LogP contribution is 2.33. The van der Waals surface area contributed by atoms with Gasteiger partial charge in [0.15, 0.2) is 9.84 Å². The third kappa shape index (κ3) is 9.21. The lowest BCUT2D eigenvalue weighted by atomic mass is 9.81. The van der Waals surface area contributed by atoms with Gasteiger partial charge < -0.3 is 10.6 Å². The van der Waals surface area contributed by atoms with Gasteiger partial charge in [0.25, 0.3) is 5.91 Å². The first-order valence-corrected chi connectivity index (χ1v) is 17.0. The number of carbonyl (C=O) groups excluding carboxylic acids is 2. The average molecular weight is 628 g/mol. The van der Waals surface area contributed by atoms with Crippen molar-refractivity contribution in [2.75, 3.05) is 25.1 Å². The summed E-state index contributed by atoms with van der Waals surface area (Å²) in [4.78, 5) is 28.9. The Morgan fingerprint density at radius 1 is 1.10 bits per heavy atom. The number of sulfone groups is 1. The number of alkyl halides is 3. The molecular weight excluding hydrogens is 587 g/mol. The predicted octanol–water partition coefficient (Wildman–Crippen LogP) is 5.40. The number of nitrogens with one attached hydrogen (secondary N) is 2. The average Bonchev–Trinajstić information content (AvgIpc) is 2.95. The van der Waals surface area contributed by atoms with Gasteiger partial charge in [-0.25, -0.2) is 8.42 Å². The van der Waals surface area contributed by atoms with Crippen LogP contribution in [0.5, 0.6) is 0 Å². The van der Waals surface area contributed by atoms with E-state index in [9.17, 15) is 31.2 Å². The standard InChI is InChI=1S/C30H40F3N3O4S2/c1-5-15-36(20(2)3)24-9-14-27(22(17-24)19-42(39,40)26-12-10-25(41-4)11-13-26)35-28(37)18-34-29(38)21-7-6-8-23(16-21)30(31,32)33/h6-8,10-13,16,20,22,24,27H,5,9,14-15,17-19H2,1-4H3,(H,34,38)(H,35,37)/t22-,24+,27-/m0/s1. The highest BCUT2D eigenvalue weighted by atomic mass is 32.2. The zero-order chi connectivity index (χ0) is 31.1. The number of rotatable bonds is 12. The van der Waals surface area contributed by atoms with Crippen molar-refractivity contribution in [3.8, 4) is 0 Å². The minimum Gasteiger partial charge on any atom is -0.352 e. The van der Waals surface area contributed by atoms with Crippen molar-refractivity contribution in [3.63, 3.8) is 0 Å². The van der Waals surface area contributed by atoms with E-state index < -0.39 is 46.0 Å². The molecule has 0 saturated heterocycles. The van der Waals surface area contributed by atoms with E-state index >= 15 is 0 Å². The Labute approximate surface area is 250 Å². The number of thioether (sulfide) groups is 1. The Hall–Kier alpha value is -2.57. The van der Waals surface area contributed by atoms with Gasteiger partial charge in [0.1, 0.15) is 0 Å². The molecule has 12 heteroatoms. The summed E-state index contributed by atoms with van der Waals surface area (Å²) in [5.41, 5.74) is -1.17. The monoisotopic (exact) mass is 627 g/mol. The van der Waals surface area contributed by atoms with Crippen LogP contribution in [0.2, 0.25) is 0 Å². The normalized spacial score (nSPS) is 19.6. The Balaban J connectivity index is 1.73. The first-order valence-electron chi connectivity index (χ1n) is 14.1. The van der Waals surface area contributed by atoms with Crippen LogP contribution in [0.15, 0.2) is 58.3 Å². The third-order valence-corrected chi connectivity index (χ3v) is 10.2. The van der Waals surface area contributed by atoms with Crippen LogP contribution in [0, 0.1) is 5.92 Å². The van der Waals surface area contributed by atoms with Gasteiger partial charge in [-0.15, -0.1) is 11.8 Å². The topological polar surface area (TPSA) is 95.6 Å². The molecule has 0 aromatic heterocycles. The first-order chi connectivity index (χ1) is 19.7. The molecular formula is C30H40F3N3O4S2. The zero-order valence-corrected chi connectivity index (χ0v) is 26.0. The van der Waals surface area contributed by atoms with Crippen LogP contribution < -0.4 is 10.6 Å². The molecule has 2 amide bonds. The van der Waals surface area contributed by atoms with Crippen LogP contribution in [-0.2, 0) is 20.8 Å². The van der Waals surface area contributed by atoms with Gasteiger partial charge in [0.2, 0.25) is 5.91 Å². The maximum absolute atomic E-state index is 13.5. The number of hydrogen-bond acceptors (Lipinski definition) is 6. The molecule has 0 aliphatic heterocycles. The van der Waals surface area contributed by atoms with Gasteiger partial charge in [-0.3, -0.25) is 14.5 Å². The number of carbonyl (C=O) groups is 2. The molecule has 7 nitrogen and oxygen atoms in total. The summed E-state index contributed by atoms with van der Waals surface area (Å²) in [5, 5.41) is 5.28. The van der Waals surface area contributed by atoms with Crippen molar-refractivity contribution < 1.29 is 31.2 Å². The van der Waals surface area contributed by atoms with E-state index in [1.165, 1.54) is 17.8 Å². The quantitative estimate of drug-likeness (QED) is 0.306. The largest absolute Gasteiger partial charge is 0.416 e. The molecule has 0 spiro atoms. The molecule has 2 aromatic carbocycles. The lowest BCUT2D eigenvalue weighted by molar-refractivity contribution is -0.137. The van der Waals surface area contributed by atoms with Crippen molar-refractivity contribution in [2.24, 2.45) is 5.92 Å². The number of halogens is 3. The fourth-order valence-electron chi connectivity index (χ4n) is 5.55. The number of benzene rings is 2. The zero-order valence-electron chi connectivity index (χ0n) is 24.4. The summed E-state index contributed by atoms with van der Waals surface area (Å²) < 4.78 is 66.0. The van der Waals surface area contributed by atoms with E-state index in [-0.39, 0.29) is 34.2 Å². The van der Waals surface area contributed by atoms with E-state index in [4.69, 9.17) is 0 Å². The van der Waals surface area contributed by atoms with Crippen molar-refractivity contribution >= 4 is 33.4 Å². The molecule has 2 N–H and O–H groups in total. The summed E-state index contributed by atoms with van der Waals surface area (Å²) in [6.07, 6.45) is 0.209. The lowest BCUT2D eigenvalue weighted by Crippen LogP contribution is -2.53. The molecule has 1 fully saturated rings. The Kier molecular flexibility index (Phi) is 11.9. The van der Waals surface area contributed by atoms with Crippen LogP contribution in [0.3, 0.4) is 0 Å². The second kappa shape index (κ2) is 14.7. The van der Waals surface area contributed by atoms with Crippen molar-refractivity contribution in [1.29, 1.82) is 0 Å². The molecule has 3 rings (SSSR count). The van der Waals surface area contributed by atoms with Crippen molar-refractivity contribution in [2.45, 2.75) is 80.5 Å². The molecule has 1 aliphatic rings. The molecule has 232 valence electrons. The van der Waals surface area contributed by atoms with E-state index in [0.717, 1.165) is 42.5 Å². The van der Waals surface area contributed by atoms with E-state index in [1.54, 1.807) is 24.3 Å².